The summed E-state index contributed by atoms with van der Waals surface area (Å²) < 4.78 is 18.3. The Kier molecular flexibility index (Phi) is 7.22. The molecule has 1 aromatic rings. The van der Waals surface area contributed by atoms with Crippen LogP contribution in [0.15, 0.2) is 29.2 Å². The smallest absolute Gasteiger partial charge is 0.325 e. The van der Waals surface area contributed by atoms with E-state index in [1.165, 1.54) is 11.0 Å². The standard InChI is InChI=1S/C15H20FNO3S/c1-4-20-15(19)9-17(11(2)3)14(18)10-21-13-8-6-5-7-12(13)16/h5-8,11H,4,9-10H2,1-3H3. The van der Waals surface area contributed by atoms with E-state index >= 15 is 0 Å². The Balaban J connectivity index is 2.61. The number of ether oxygens (including phenoxy) is 1. The van der Waals surface area contributed by atoms with Crippen LogP contribution in [0.3, 0.4) is 0 Å². The molecule has 0 N–H and O–H groups in total. The minimum atomic E-state index is -0.435. The molecule has 0 unspecified atom stereocenters. The predicted molar refractivity (Wildman–Crippen MR) is 80.6 cm³/mol. The molecular formula is C15H20FNO3S. The molecule has 0 aromatic heterocycles. The van der Waals surface area contributed by atoms with E-state index in [1.807, 2.05) is 13.8 Å². The molecule has 6 heteroatoms. The summed E-state index contributed by atoms with van der Waals surface area (Å²) in [7, 11) is 0. The molecule has 4 nitrogen and oxygen atoms in total. The van der Waals surface area contributed by atoms with Crippen LogP contribution in [0, 0.1) is 5.82 Å². The Morgan fingerprint density at radius 2 is 2.00 bits per heavy atom. The molecule has 0 spiro atoms. The fourth-order valence-corrected chi connectivity index (χ4v) is 2.51. The van der Waals surface area contributed by atoms with Gasteiger partial charge in [-0.05, 0) is 32.9 Å². The van der Waals surface area contributed by atoms with Crippen molar-refractivity contribution in [3.63, 3.8) is 0 Å². The van der Waals surface area contributed by atoms with Gasteiger partial charge in [0.2, 0.25) is 5.91 Å². The first-order valence-corrected chi connectivity index (χ1v) is 7.76. The summed E-state index contributed by atoms with van der Waals surface area (Å²) in [5, 5.41) is 0. The van der Waals surface area contributed by atoms with Crippen molar-refractivity contribution < 1.29 is 18.7 Å². The van der Waals surface area contributed by atoms with Crippen LogP contribution in [-0.4, -0.2) is 41.7 Å². The first-order valence-electron chi connectivity index (χ1n) is 6.78. The quantitative estimate of drug-likeness (QED) is 0.573. The molecule has 0 aliphatic heterocycles. The lowest BCUT2D eigenvalue weighted by atomic mass is 10.3. The van der Waals surface area contributed by atoms with Crippen LogP contribution in [0.4, 0.5) is 4.39 Å². The fourth-order valence-electron chi connectivity index (χ4n) is 1.69. The van der Waals surface area contributed by atoms with Crippen LogP contribution >= 0.6 is 11.8 Å². The molecule has 116 valence electrons. The molecule has 1 rings (SSSR count). The minimum absolute atomic E-state index is 0.0812. The van der Waals surface area contributed by atoms with Gasteiger partial charge >= 0.3 is 5.97 Å². The Hall–Kier alpha value is -1.56. The average molecular weight is 313 g/mol. The lowest BCUT2D eigenvalue weighted by molar-refractivity contribution is -0.149. The summed E-state index contributed by atoms with van der Waals surface area (Å²) >= 11 is 1.12. The highest BCUT2D eigenvalue weighted by atomic mass is 32.2. The zero-order chi connectivity index (χ0) is 15.8. The second-order valence-electron chi connectivity index (χ2n) is 4.64. The van der Waals surface area contributed by atoms with Gasteiger partial charge < -0.3 is 9.64 Å². The number of benzene rings is 1. The number of nitrogens with zero attached hydrogens (tertiary/aromatic N) is 1. The Bertz CT molecular complexity index is 494. The second-order valence-corrected chi connectivity index (χ2v) is 5.66. The molecular weight excluding hydrogens is 293 g/mol. The number of hydrogen-bond donors (Lipinski definition) is 0. The third-order valence-electron chi connectivity index (χ3n) is 2.74. The molecule has 0 radical (unpaired) electrons. The number of halogens is 1. The molecule has 0 saturated heterocycles. The number of carbonyl (C=O) groups excluding carboxylic acids is 2. The maximum atomic E-state index is 13.5. The minimum Gasteiger partial charge on any atom is -0.465 e. The van der Waals surface area contributed by atoms with Crippen molar-refractivity contribution in [1.29, 1.82) is 0 Å². The average Bonchev–Trinajstić information content (AvgIpc) is 2.43. The van der Waals surface area contributed by atoms with Gasteiger partial charge in [0.05, 0.1) is 12.4 Å². The molecule has 0 bridgehead atoms. The SMILES string of the molecule is CCOC(=O)CN(C(=O)CSc1ccccc1F)C(C)C. The highest BCUT2D eigenvalue weighted by Gasteiger charge is 2.21. The number of amides is 1. The van der Waals surface area contributed by atoms with E-state index in [9.17, 15) is 14.0 Å². The van der Waals surface area contributed by atoms with E-state index in [4.69, 9.17) is 4.74 Å². The first kappa shape index (κ1) is 17.5. The van der Waals surface area contributed by atoms with E-state index in [-0.39, 0.29) is 36.7 Å². The summed E-state index contributed by atoms with van der Waals surface area (Å²) in [5.74, 6) is -0.919. The van der Waals surface area contributed by atoms with E-state index in [1.54, 1.807) is 25.1 Å². The van der Waals surface area contributed by atoms with Crippen molar-refractivity contribution in [3.8, 4) is 0 Å². The third-order valence-corrected chi connectivity index (χ3v) is 3.77. The van der Waals surface area contributed by atoms with E-state index < -0.39 is 5.97 Å². The summed E-state index contributed by atoms with van der Waals surface area (Å²) in [6.45, 7) is 5.56. The number of esters is 1. The maximum Gasteiger partial charge on any atom is 0.325 e. The molecule has 0 saturated carbocycles. The van der Waals surface area contributed by atoms with Crippen molar-refractivity contribution in [1.82, 2.24) is 4.90 Å². The van der Waals surface area contributed by atoms with E-state index in [2.05, 4.69) is 0 Å². The summed E-state index contributed by atoms with van der Waals surface area (Å²) in [6.07, 6.45) is 0. The zero-order valence-corrected chi connectivity index (χ0v) is 13.3. The van der Waals surface area contributed by atoms with Gasteiger partial charge in [0.25, 0.3) is 0 Å². The van der Waals surface area contributed by atoms with Crippen molar-refractivity contribution >= 4 is 23.6 Å². The van der Waals surface area contributed by atoms with Gasteiger partial charge in [0.15, 0.2) is 0 Å². The summed E-state index contributed by atoms with van der Waals surface area (Å²) in [5.41, 5.74) is 0. The molecule has 0 atom stereocenters. The van der Waals surface area contributed by atoms with Crippen LogP contribution < -0.4 is 0 Å². The van der Waals surface area contributed by atoms with Gasteiger partial charge in [-0.3, -0.25) is 9.59 Å². The van der Waals surface area contributed by atoms with Gasteiger partial charge in [0, 0.05) is 10.9 Å². The van der Waals surface area contributed by atoms with Crippen LogP contribution in [0.2, 0.25) is 0 Å². The molecule has 1 aromatic carbocycles. The molecule has 0 aliphatic rings. The lowest BCUT2D eigenvalue weighted by Gasteiger charge is -2.25. The highest BCUT2D eigenvalue weighted by molar-refractivity contribution is 8.00. The summed E-state index contributed by atoms with van der Waals surface area (Å²) in [4.78, 5) is 25.6. The lowest BCUT2D eigenvalue weighted by Crippen LogP contribution is -2.42. The van der Waals surface area contributed by atoms with Crippen molar-refractivity contribution in [3.05, 3.63) is 30.1 Å². The summed E-state index contributed by atoms with van der Waals surface area (Å²) in [6, 6.07) is 6.17. The maximum absolute atomic E-state index is 13.5. The molecule has 0 heterocycles. The molecule has 21 heavy (non-hydrogen) atoms. The number of thioether (sulfide) groups is 1. The van der Waals surface area contributed by atoms with Gasteiger partial charge in [-0.15, -0.1) is 11.8 Å². The highest BCUT2D eigenvalue weighted by Crippen LogP contribution is 2.21. The number of rotatable bonds is 7. The topological polar surface area (TPSA) is 46.6 Å². The Morgan fingerprint density at radius 3 is 2.57 bits per heavy atom. The van der Waals surface area contributed by atoms with Gasteiger partial charge in [0.1, 0.15) is 12.4 Å². The molecule has 1 amide bonds. The third kappa shape index (κ3) is 5.75. The largest absolute Gasteiger partial charge is 0.465 e. The molecule has 0 fully saturated rings. The second kappa shape index (κ2) is 8.67. The van der Waals surface area contributed by atoms with Crippen LogP contribution in [0.25, 0.3) is 0 Å². The van der Waals surface area contributed by atoms with Crippen LogP contribution in [0.5, 0.6) is 0 Å². The first-order chi connectivity index (χ1) is 9.95. The van der Waals surface area contributed by atoms with Crippen molar-refractivity contribution in [2.24, 2.45) is 0 Å². The number of hydrogen-bond acceptors (Lipinski definition) is 4. The van der Waals surface area contributed by atoms with Crippen LogP contribution in [0.1, 0.15) is 20.8 Å². The van der Waals surface area contributed by atoms with Gasteiger partial charge in [-0.1, -0.05) is 12.1 Å². The zero-order valence-electron chi connectivity index (χ0n) is 12.5. The normalized spacial score (nSPS) is 10.5. The fraction of sp³-hybridized carbons (Fsp3) is 0.467. The Labute approximate surface area is 128 Å². The van der Waals surface area contributed by atoms with Gasteiger partial charge in [-0.25, -0.2) is 4.39 Å². The number of carbonyl (C=O) groups is 2. The van der Waals surface area contributed by atoms with Crippen LogP contribution in [-0.2, 0) is 14.3 Å². The molecule has 0 aliphatic carbocycles. The van der Waals surface area contributed by atoms with Gasteiger partial charge in [-0.2, -0.15) is 0 Å². The van der Waals surface area contributed by atoms with Crippen molar-refractivity contribution in [2.75, 3.05) is 18.9 Å². The van der Waals surface area contributed by atoms with Crippen molar-refractivity contribution in [2.45, 2.75) is 31.7 Å². The predicted octanol–water partition coefficient (Wildman–Crippen LogP) is 2.72. The van der Waals surface area contributed by atoms with E-state index in [0.717, 1.165) is 11.8 Å². The Morgan fingerprint density at radius 1 is 1.33 bits per heavy atom. The van der Waals surface area contributed by atoms with E-state index in [0.29, 0.717) is 4.90 Å². The monoisotopic (exact) mass is 313 g/mol.